The van der Waals surface area contributed by atoms with E-state index in [1.807, 2.05) is 16.4 Å². The van der Waals surface area contributed by atoms with Crippen LogP contribution in [0.15, 0.2) is 6.20 Å². The van der Waals surface area contributed by atoms with Crippen molar-refractivity contribution in [3.05, 3.63) is 11.9 Å². The van der Waals surface area contributed by atoms with E-state index in [-0.39, 0.29) is 6.04 Å². The van der Waals surface area contributed by atoms with E-state index in [1.54, 1.807) is 13.3 Å². The highest BCUT2D eigenvalue weighted by molar-refractivity contribution is 7.99. The Hall–Kier alpha value is -0.720. The Balaban J connectivity index is 2.35. The van der Waals surface area contributed by atoms with Crippen LogP contribution in [0.5, 0.6) is 5.75 Å². The van der Waals surface area contributed by atoms with Gasteiger partial charge in [-0.25, -0.2) is 0 Å². The minimum atomic E-state index is 0.111. The number of ether oxygens (including phenoxy) is 1. The molecule has 2 heterocycles. The SMILES string of the molecule is COc1cnn(C(C)C)c1C(NN)C1CCSC1. The minimum absolute atomic E-state index is 0.111. The molecule has 5 nitrogen and oxygen atoms in total. The molecule has 1 aliphatic heterocycles. The fraction of sp³-hybridized carbons (Fsp3) is 0.750. The van der Waals surface area contributed by atoms with Gasteiger partial charge in [0.05, 0.1) is 25.0 Å². The average Bonchev–Trinajstić information content (AvgIpc) is 2.99. The molecule has 18 heavy (non-hydrogen) atoms. The molecule has 0 aromatic carbocycles. The Kier molecular flexibility index (Phi) is 4.53. The van der Waals surface area contributed by atoms with Gasteiger partial charge in [-0.15, -0.1) is 0 Å². The molecule has 0 radical (unpaired) electrons. The van der Waals surface area contributed by atoms with Gasteiger partial charge in [0, 0.05) is 6.04 Å². The molecule has 2 rings (SSSR count). The van der Waals surface area contributed by atoms with Crippen LogP contribution in [-0.4, -0.2) is 28.4 Å². The lowest BCUT2D eigenvalue weighted by molar-refractivity contribution is 0.338. The molecule has 102 valence electrons. The molecule has 0 spiro atoms. The van der Waals surface area contributed by atoms with Gasteiger partial charge in [0.25, 0.3) is 0 Å². The van der Waals surface area contributed by atoms with Crippen LogP contribution < -0.4 is 16.0 Å². The van der Waals surface area contributed by atoms with Crippen LogP contribution in [0, 0.1) is 5.92 Å². The Morgan fingerprint density at radius 2 is 2.39 bits per heavy atom. The normalized spacial score (nSPS) is 21.5. The van der Waals surface area contributed by atoms with Gasteiger partial charge in [-0.2, -0.15) is 16.9 Å². The highest BCUT2D eigenvalue weighted by atomic mass is 32.2. The first-order valence-corrected chi connectivity index (χ1v) is 7.49. The smallest absolute Gasteiger partial charge is 0.161 e. The molecule has 3 N–H and O–H groups in total. The lowest BCUT2D eigenvalue weighted by atomic mass is 9.96. The van der Waals surface area contributed by atoms with E-state index in [0.717, 1.165) is 17.2 Å². The molecule has 2 atom stereocenters. The number of hydrogen-bond donors (Lipinski definition) is 2. The van der Waals surface area contributed by atoms with Crippen LogP contribution in [0.3, 0.4) is 0 Å². The van der Waals surface area contributed by atoms with Gasteiger partial charge in [-0.3, -0.25) is 16.0 Å². The second-order valence-corrected chi connectivity index (χ2v) is 6.05. The lowest BCUT2D eigenvalue weighted by Crippen LogP contribution is -2.35. The van der Waals surface area contributed by atoms with Crippen molar-refractivity contribution in [3.63, 3.8) is 0 Å². The summed E-state index contributed by atoms with van der Waals surface area (Å²) in [7, 11) is 1.68. The largest absolute Gasteiger partial charge is 0.493 e. The van der Waals surface area contributed by atoms with E-state index in [4.69, 9.17) is 10.6 Å². The van der Waals surface area contributed by atoms with Crippen LogP contribution in [-0.2, 0) is 0 Å². The minimum Gasteiger partial charge on any atom is -0.493 e. The van der Waals surface area contributed by atoms with E-state index in [0.29, 0.717) is 12.0 Å². The number of hydrazine groups is 1. The lowest BCUT2D eigenvalue weighted by Gasteiger charge is -2.25. The highest BCUT2D eigenvalue weighted by Gasteiger charge is 2.31. The molecular formula is C12H22N4OS. The summed E-state index contributed by atoms with van der Waals surface area (Å²) in [5.41, 5.74) is 4.03. The van der Waals surface area contributed by atoms with Gasteiger partial charge in [-0.05, 0) is 37.7 Å². The zero-order valence-electron chi connectivity index (χ0n) is 11.2. The zero-order valence-corrected chi connectivity index (χ0v) is 12.0. The molecular weight excluding hydrogens is 248 g/mol. The third-order valence-electron chi connectivity index (χ3n) is 3.42. The van der Waals surface area contributed by atoms with Crippen LogP contribution in [0.4, 0.5) is 0 Å². The highest BCUT2D eigenvalue weighted by Crippen LogP contribution is 2.38. The summed E-state index contributed by atoms with van der Waals surface area (Å²) < 4.78 is 7.44. The van der Waals surface area contributed by atoms with Crippen LogP contribution in [0.2, 0.25) is 0 Å². The summed E-state index contributed by atoms with van der Waals surface area (Å²) in [5.74, 6) is 9.50. The molecule has 1 fully saturated rings. The number of aromatic nitrogens is 2. The van der Waals surface area contributed by atoms with Gasteiger partial charge >= 0.3 is 0 Å². The summed E-state index contributed by atoms with van der Waals surface area (Å²) in [5, 5.41) is 4.42. The van der Waals surface area contributed by atoms with Gasteiger partial charge in [0.15, 0.2) is 5.75 Å². The molecule has 0 bridgehead atoms. The second-order valence-electron chi connectivity index (χ2n) is 4.90. The average molecular weight is 270 g/mol. The third-order valence-corrected chi connectivity index (χ3v) is 4.61. The summed E-state index contributed by atoms with van der Waals surface area (Å²) in [6, 6.07) is 0.411. The Bertz CT molecular complexity index is 387. The van der Waals surface area contributed by atoms with Crippen LogP contribution in [0.1, 0.15) is 38.0 Å². The number of nitrogens with zero attached hydrogens (tertiary/aromatic N) is 2. The number of rotatable bonds is 5. The van der Waals surface area contributed by atoms with Gasteiger partial charge < -0.3 is 4.74 Å². The van der Waals surface area contributed by atoms with Crippen molar-refractivity contribution in [2.75, 3.05) is 18.6 Å². The zero-order chi connectivity index (χ0) is 13.1. The summed E-state index contributed by atoms with van der Waals surface area (Å²) in [4.78, 5) is 0. The van der Waals surface area contributed by atoms with E-state index < -0.39 is 0 Å². The molecule has 0 amide bonds. The number of hydrogen-bond acceptors (Lipinski definition) is 5. The Morgan fingerprint density at radius 3 is 2.89 bits per heavy atom. The Labute approximate surface area is 112 Å². The molecule has 6 heteroatoms. The second kappa shape index (κ2) is 5.95. The first kappa shape index (κ1) is 13.7. The first-order chi connectivity index (χ1) is 8.69. The van der Waals surface area contributed by atoms with Crippen molar-refractivity contribution in [1.82, 2.24) is 15.2 Å². The predicted octanol–water partition coefficient (Wildman–Crippen LogP) is 1.73. The molecule has 1 aromatic heterocycles. The van der Waals surface area contributed by atoms with Crippen molar-refractivity contribution in [2.24, 2.45) is 11.8 Å². The van der Waals surface area contributed by atoms with E-state index in [1.165, 1.54) is 12.2 Å². The maximum absolute atomic E-state index is 5.78. The maximum Gasteiger partial charge on any atom is 0.161 e. The molecule has 0 aliphatic carbocycles. The van der Waals surface area contributed by atoms with Crippen molar-refractivity contribution in [1.29, 1.82) is 0 Å². The van der Waals surface area contributed by atoms with Gasteiger partial charge in [0.1, 0.15) is 0 Å². The van der Waals surface area contributed by atoms with Gasteiger partial charge in [0.2, 0.25) is 0 Å². The fourth-order valence-electron chi connectivity index (χ4n) is 2.47. The Morgan fingerprint density at radius 1 is 1.61 bits per heavy atom. The van der Waals surface area contributed by atoms with Crippen molar-refractivity contribution in [3.8, 4) is 5.75 Å². The monoisotopic (exact) mass is 270 g/mol. The third kappa shape index (κ3) is 2.50. The van der Waals surface area contributed by atoms with Gasteiger partial charge in [-0.1, -0.05) is 0 Å². The number of nitrogens with one attached hydrogen (secondary N) is 1. The van der Waals surface area contributed by atoms with Crippen LogP contribution >= 0.6 is 11.8 Å². The molecule has 1 saturated heterocycles. The summed E-state index contributed by atoms with van der Waals surface area (Å²) in [6.07, 6.45) is 2.97. The van der Waals surface area contributed by atoms with E-state index >= 15 is 0 Å². The quantitative estimate of drug-likeness (QED) is 0.630. The molecule has 0 saturated carbocycles. The standard InChI is InChI=1S/C12H22N4OS/c1-8(2)16-12(10(17-3)6-14-16)11(15-13)9-4-5-18-7-9/h6,8-9,11,15H,4-5,7,13H2,1-3H3. The number of thioether (sulfide) groups is 1. The summed E-state index contributed by atoms with van der Waals surface area (Å²) in [6.45, 7) is 4.24. The number of nitrogens with two attached hydrogens (primary N) is 1. The number of methoxy groups -OCH3 is 1. The molecule has 1 aromatic rings. The molecule has 2 unspecified atom stereocenters. The van der Waals surface area contributed by atoms with E-state index in [9.17, 15) is 0 Å². The predicted molar refractivity (Wildman–Crippen MR) is 74.7 cm³/mol. The van der Waals surface area contributed by atoms with Crippen LogP contribution in [0.25, 0.3) is 0 Å². The van der Waals surface area contributed by atoms with Crippen molar-refractivity contribution in [2.45, 2.75) is 32.4 Å². The van der Waals surface area contributed by atoms with Crippen molar-refractivity contribution >= 4 is 11.8 Å². The fourth-order valence-corrected chi connectivity index (χ4v) is 3.77. The summed E-state index contributed by atoms with van der Waals surface area (Å²) >= 11 is 1.98. The topological polar surface area (TPSA) is 65.1 Å². The van der Waals surface area contributed by atoms with E-state index in [2.05, 4.69) is 24.4 Å². The maximum atomic E-state index is 5.78. The first-order valence-electron chi connectivity index (χ1n) is 6.34. The molecule has 1 aliphatic rings. The van der Waals surface area contributed by atoms with Crippen molar-refractivity contribution < 1.29 is 4.74 Å².